The predicted molar refractivity (Wildman–Crippen MR) is 109 cm³/mol. The molecule has 28 heavy (non-hydrogen) atoms. The van der Waals surface area contributed by atoms with E-state index in [4.69, 9.17) is 0 Å². The number of likely N-dealkylation sites (tertiary alicyclic amines) is 1. The maximum absolute atomic E-state index is 13.0. The lowest BCUT2D eigenvalue weighted by atomic mass is 9.95. The molecule has 4 rings (SSSR count). The largest absolute Gasteiger partial charge is 0.374 e. The van der Waals surface area contributed by atoms with Crippen LogP contribution in [0.1, 0.15) is 40.6 Å². The van der Waals surface area contributed by atoms with Crippen molar-refractivity contribution in [3.8, 4) is 0 Å². The van der Waals surface area contributed by atoms with E-state index in [0.717, 1.165) is 44.6 Å². The second-order valence-corrected chi connectivity index (χ2v) is 7.65. The van der Waals surface area contributed by atoms with E-state index in [9.17, 15) is 14.3 Å². The molecule has 2 heterocycles. The van der Waals surface area contributed by atoms with Gasteiger partial charge in [0.25, 0.3) is 0 Å². The number of rotatable bonds is 5. The van der Waals surface area contributed by atoms with E-state index in [1.54, 1.807) is 12.1 Å². The number of piperidine rings is 1. The Balaban J connectivity index is 0.00000225. The molecule has 4 nitrogen and oxygen atoms in total. The van der Waals surface area contributed by atoms with Gasteiger partial charge in [-0.1, -0.05) is 24.3 Å². The predicted octanol–water partition coefficient (Wildman–Crippen LogP) is 3.65. The zero-order valence-corrected chi connectivity index (χ0v) is 16.6. The third-order valence-corrected chi connectivity index (χ3v) is 5.79. The molecule has 0 amide bonds. The average Bonchev–Trinajstić information content (AvgIpc) is 3.00. The van der Waals surface area contributed by atoms with Gasteiger partial charge in [-0.25, -0.2) is 4.39 Å². The Bertz CT molecular complexity index is 806. The molecule has 0 spiro atoms. The number of fused-ring (bicyclic) bond motifs is 1. The van der Waals surface area contributed by atoms with Crippen molar-refractivity contribution in [1.29, 1.82) is 0 Å². The van der Waals surface area contributed by atoms with Gasteiger partial charge in [-0.05, 0) is 67.2 Å². The van der Waals surface area contributed by atoms with Crippen molar-refractivity contribution in [3.63, 3.8) is 0 Å². The van der Waals surface area contributed by atoms with Gasteiger partial charge < -0.3 is 5.11 Å². The van der Waals surface area contributed by atoms with E-state index < -0.39 is 6.23 Å². The van der Waals surface area contributed by atoms with Crippen LogP contribution in [0.15, 0.2) is 48.5 Å². The van der Waals surface area contributed by atoms with Crippen molar-refractivity contribution in [1.82, 2.24) is 9.80 Å². The van der Waals surface area contributed by atoms with Crippen LogP contribution in [-0.2, 0) is 6.54 Å². The van der Waals surface area contributed by atoms with Crippen LogP contribution >= 0.6 is 12.4 Å². The van der Waals surface area contributed by atoms with Gasteiger partial charge in [0, 0.05) is 18.7 Å². The maximum Gasteiger partial charge on any atom is 0.176 e. The third kappa shape index (κ3) is 4.61. The van der Waals surface area contributed by atoms with E-state index in [1.807, 2.05) is 18.2 Å². The van der Waals surface area contributed by atoms with Crippen LogP contribution in [0.25, 0.3) is 0 Å². The third-order valence-electron chi connectivity index (χ3n) is 5.79. The smallest absolute Gasteiger partial charge is 0.176 e. The summed E-state index contributed by atoms with van der Waals surface area (Å²) in [6, 6.07) is 13.9. The molecule has 2 aromatic rings. The number of Topliss-reactive ketones (excluding diaryl/α,β-unsaturated/α-hetero) is 1. The van der Waals surface area contributed by atoms with Crippen molar-refractivity contribution in [2.45, 2.75) is 25.6 Å². The van der Waals surface area contributed by atoms with Gasteiger partial charge in [0.2, 0.25) is 0 Å². The highest BCUT2D eigenvalue weighted by molar-refractivity contribution is 5.97. The fraction of sp³-hybridized carbons (Fsp3) is 0.409. The van der Waals surface area contributed by atoms with Gasteiger partial charge in [-0.15, -0.1) is 12.4 Å². The van der Waals surface area contributed by atoms with Crippen LogP contribution in [0.2, 0.25) is 0 Å². The fourth-order valence-electron chi connectivity index (χ4n) is 4.19. The van der Waals surface area contributed by atoms with Crippen molar-refractivity contribution in [3.05, 3.63) is 71.0 Å². The summed E-state index contributed by atoms with van der Waals surface area (Å²) < 4.78 is 13.0. The highest BCUT2D eigenvalue weighted by atomic mass is 35.5. The summed E-state index contributed by atoms with van der Waals surface area (Å²) in [5.74, 6) is 0.253. The molecule has 0 aromatic heterocycles. The zero-order chi connectivity index (χ0) is 18.8. The molecule has 1 N–H and O–H groups in total. The summed E-state index contributed by atoms with van der Waals surface area (Å²) in [7, 11) is 0. The number of nitrogens with zero attached hydrogens (tertiary/aromatic N) is 2. The van der Waals surface area contributed by atoms with Crippen LogP contribution in [0.3, 0.4) is 0 Å². The van der Waals surface area contributed by atoms with Gasteiger partial charge >= 0.3 is 0 Å². The quantitative estimate of drug-likeness (QED) is 0.772. The van der Waals surface area contributed by atoms with Crippen LogP contribution in [0.4, 0.5) is 4.39 Å². The van der Waals surface area contributed by atoms with Crippen LogP contribution in [0.5, 0.6) is 0 Å². The Morgan fingerprint density at radius 3 is 2.43 bits per heavy atom. The Labute approximate surface area is 171 Å². The number of carbonyl (C=O) groups excluding carboxylic acids is 1. The number of ketones is 1. The zero-order valence-electron chi connectivity index (χ0n) is 15.8. The summed E-state index contributed by atoms with van der Waals surface area (Å²) in [5.41, 5.74) is 2.81. The number of benzene rings is 2. The van der Waals surface area contributed by atoms with Crippen LogP contribution in [-0.4, -0.2) is 46.9 Å². The fourth-order valence-corrected chi connectivity index (χ4v) is 4.19. The number of halogens is 2. The molecule has 1 saturated heterocycles. The Kier molecular flexibility index (Phi) is 6.83. The second-order valence-electron chi connectivity index (χ2n) is 7.65. The number of aliphatic hydroxyl groups excluding tert-OH is 1. The number of carbonyl (C=O) groups is 1. The first-order valence-corrected chi connectivity index (χ1v) is 9.61. The van der Waals surface area contributed by atoms with Crippen molar-refractivity contribution < 1.29 is 14.3 Å². The highest BCUT2D eigenvalue weighted by Crippen LogP contribution is 2.33. The Morgan fingerprint density at radius 2 is 1.75 bits per heavy atom. The summed E-state index contributed by atoms with van der Waals surface area (Å²) in [6.45, 7) is 3.84. The molecule has 1 fully saturated rings. The van der Waals surface area contributed by atoms with Crippen LogP contribution < -0.4 is 0 Å². The van der Waals surface area contributed by atoms with Gasteiger partial charge in [-0.2, -0.15) is 0 Å². The van der Waals surface area contributed by atoms with E-state index >= 15 is 0 Å². The van der Waals surface area contributed by atoms with Crippen molar-refractivity contribution >= 4 is 18.2 Å². The summed E-state index contributed by atoms with van der Waals surface area (Å²) >= 11 is 0. The van der Waals surface area contributed by atoms with E-state index in [-0.39, 0.29) is 24.0 Å². The second kappa shape index (κ2) is 9.14. The van der Waals surface area contributed by atoms with Crippen LogP contribution in [0, 0.1) is 11.7 Å². The molecule has 0 radical (unpaired) electrons. The Hall–Kier alpha value is -1.79. The molecule has 150 valence electrons. The minimum atomic E-state index is -0.501. The molecule has 0 bridgehead atoms. The maximum atomic E-state index is 13.0. The molecule has 2 aromatic carbocycles. The topological polar surface area (TPSA) is 43.8 Å². The molecule has 6 heteroatoms. The van der Waals surface area contributed by atoms with Gasteiger partial charge in [0.1, 0.15) is 12.0 Å². The summed E-state index contributed by atoms with van der Waals surface area (Å²) in [5, 5.41) is 10.5. The minimum Gasteiger partial charge on any atom is -0.374 e. The average molecular weight is 405 g/mol. The number of aliphatic hydroxyl groups is 1. The van der Waals surface area contributed by atoms with Gasteiger partial charge in [0.15, 0.2) is 5.78 Å². The van der Waals surface area contributed by atoms with E-state index in [1.165, 1.54) is 17.7 Å². The molecule has 2 aliphatic rings. The lowest BCUT2D eigenvalue weighted by Crippen LogP contribution is -2.40. The van der Waals surface area contributed by atoms with E-state index in [0.29, 0.717) is 18.0 Å². The lowest BCUT2D eigenvalue weighted by molar-refractivity contribution is -0.00352. The van der Waals surface area contributed by atoms with Gasteiger partial charge in [-0.3, -0.25) is 14.6 Å². The molecular formula is C22H26ClFN2O2. The summed E-state index contributed by atoms with van der Waals surface area (Å²) in [6.07, 6.45) is 1.55. The van der Waals surface area contributed by atoms with Gasteiger partial charge in [0.05, 0.1) is 6.54 Å². The van der Waals surface area contributed by atoms with Crippen molar-refractivity contribution in [2.24, 2.45) is 5.92 Å². The number of hydrogen-bond acceptors (Lipinski definition) is 4. The standard InChI is InChI=1S/C22H25FN2O2.ClH/c23-19-7-5-17(6-8-19)21(26)15-24-11-9-16(10-12-24)13-25-14-18-3-1-2-4-20(18)22(25)27;/h1-8,16,22,27H,9-15H2;1H. The number of hydrogen-bond donors (Lipinski definition) is 1. The molecule has 1 unspecified atom stereocenters. The molecule has 2 aliphatic heterocycles. The monoisotopic (exact) mass is 404 g/mol. The minimum absolute atomic E-state index is 0. The Morgan fingerprint density at radius 1 is 1.07 bits per heavy atom. The van der Waals surface area contributed by atoms with E-state index in [2.05, 4.69) is 15.9 Å². The molecule has 0 saturated carbocycles. The summed E-state index contributed by atoms with van der Waals surface area (Å²) in [4.78, 5) is 16.7. The first-order chi connectivity index (χ1) is 13.1. The molecule has 0 aliphatic carbocycles. The lowest BCUT2D eigenvalue weighted by Gasteiger charge is -2.34. The molecule has 1 atom stereocenters. The normalized spacial score (nSPS) is 20.6. The van der Waals surface area contributed by atoms with Crippen molar-refractivity contribution in [2.75, 3.05) is 26.2 Å². The SMILES string of the molecule is Cl.O=C(CN1CCC(CN2Cc3ccccc3C2O)CC1)c1ccc(F)cc1. The first-order valence-electron chi connectivity index (χ1n) is 9.61. The first kappa shape index (κ1) is 20.9. The highest BCUT2D eigenvalue weighted by Gasteiger charge is 2.31. The molecular weight excluding hydrogens is 379 g/mol.